The summed E-state index contributed by atoms with van der Waals surface area (Å²) in [5.41, 5.74) is 2.76. The van der Waals surface area contributed by atoms with E-state index in [2.05, 4.69) is 10.6 Å². The van der Waals surface area contributed by atoms with Gasteiger partial charge in [-0.2, -0.15) is 0 Å². The Kier molecular flexibility index (Phi) is 7.35. The molecule has 3 amide bonds. The van der Waals surface area contributed by atoms with Crippen LogP contribution in [0, 0.1) is 12.8 Å². The van der Waals surface area contributed by atoms with Gasteiger partial charge in [-0.1, -0.05) is 29.8 Å². The van der Waals surface area contributed by atoms with Gasteiger partial charge in [0.25, 0.3) is 0 Å². The van der Waals surface area contributed by atoms with Crippen molar-refractivity contribution >= 4 is 23.4 Å². The molecule has 2 atom stereocenters. The average Bonchev–Trinajstić information content (AvgIpc) is 3.19. The highest BCUT2D eigenvalue weighted by molar-refractivity contribution is 6.01. The first kappa shape index (κ1) is 23.1. The van der Waals surface area contributed by atoms with Crippen LogP contribution in [0.3, 0.4) is 0 Å². The zero-order chi connectivity index (χ0) is 23.3. The largest absolute Gasteiger partial charge is 0.493 e. The number of anilines is 1. The summed E-state index contributed by atoms with van der Waals surface area (Å²) in [6.45, 7) is 4.25. The third-order valence-electron chi connectivity index (χ3n) is 5.51. The number of carbonyl (C=O) groups excluding carboxylic acids is 3. The molecule has 2 aromatic carbocycles. The molecule has 0 spiro atoms. The van der Waals surface area contributed by atoms with Gasteiger partial charge in [-0.3, -0.25) is 14.4 Å². The molecule has 1 fully saturated rings. The summed E-state index contributed by atoms with van der Waals surface area (Å²) in [6, 6.07) is 12.3. The first-order chi connectivity index (χ1) is 15.3. The van der Waals surface area contributed by atoms with Crippen LogP contribution in [0.1, 0.15) is 24.5 Å². The standard InChI is InChI=1S/C24H29N3O5/c1-15-5-7-17(8-6-15)13-25-23(29)16(2)26-24(30)18-11-22(28)27(14-18)19-9-10-20(31-3)21(12-19)32-4/h5-10,12,16,18H,11,13-14H2,1-4H3,(H,25,29)(H,26,30). The Morgan fingerprint density at radius 3 is 2.44 bits per heavy atom. The van der Waals surface area contributed by atoms with Gasteiger partial charge in [-0.25, -0.2) is 0 Å². The highest BCUT2D eigenvalue weighted by Gasteiger charge is 2.36. The maximum Gasteiger partial charge on any atom is 0.242 e. The zero-order valence-electron chi connectivity index (χ0n) is 18.8. The second-order valence-corrected chi connectivity index (χ2v) is 7.88. The molecule has 0 aliphatic carbocycles. The molecule has 2 N–H and O–H groups in total. The van der Waals surface area contributed by atoms with Gasteiger partial charge < -0.3 is 25.0 Å². The molecule has 32 heavy (non-hydrogen) atoms. The van der Waals surface area contributed by atoms with E-state index in [0.717, 1.165) is 11.1 Å². The van der Waals surface area contributed by atoms with Gasteiger partial charge in [-0.15, -0.1) is 0 Å². The number of benzene rings is 2. The lowest BCUT2D eigenvalue weighted by atomic mass is 10.1. The molecule has 1 aliphatic heterocycles. The Hall–Kier alpha value is -3.55. The minimum Gasteiger partial charge on any atom is -0.493 e. The molecule has 8 nitrogen and oxygen atoms in total. The van der Waals surface area contributed by atoms with Crippen LogP contribution in [0.4, 0.5) is 5.69 Å². The lowest BCUT2D eigenvalue weighted by molar-refractivity contribution is -0.131. The maximum atomic E-state index is 12.7. The monoisotopic (exact) mass is 439 g/mol. The topological polar surface area (TPSA) is 97.0 Å². The number of amides is 3. The van der Waals surface area contributed by atoms with Gasteiger partial charge in [0, 0.05) is 31.3 Å². The molecular weight excluding hydrogens is 410 g/mol. The van der Waals surface area contributed by atoms with Crippen molar-refractivity contribution in [3.05, 3.63) is 53.6 Å². The Balaban J connectivity index is 1.55. The van der Waals surface area contributed by atoms with Crippen molar-refractivity contribution in [2.75, 3.05) is 25.7 Å². The summed E-state index contributed by atoms with van der Waals surface area (Å²) in [4.78, 5) is 39.2. The zero-order valence-corrected chi connectivity index (χ0v) is 18.8. The summed E-state index contributed by atoms with van der Waals surface area (Å²) in [7, 11) is 3.06. The molecule has 0 bridgehead atoms. The van der Waals surface area contributed by atoms with Gasteiger partial charge in [-0.05, 0) is 31.5 Å². The van der Waals surface area contributed by atoms with Crippen LogP contribution in [0.2, 0.25) is 0 Å². The van der Waals surface area contributed by atoms with E-state index in [1.807, 2.05) is 31.2 Å². The minimum absolute atomic E-state index is 0.0812. The molecule has 1 heterocycles. The predicted octanol–water partition coefficient (Wildman–Crippen LogP) is 2.19. The molecule has 3 rings (SSSR count). The molecule has 0 saturated carbocycles. The van der Waals surface area contributed by atoms with Crippen LogP contribution in [0.25, 0.3) is 0 Å². The average molecular weight is 440 g/mol. The van der Waals surface area contributed by atoms with E-state index >= 15 is 0 Å². The highest BCUT2D eigenvalue weighted by Crippen LogP contribution is 2.34. The maximum absolute atomic E-state index is 12.7. The van der Waals surface area contributed by atoms with Crippen molar-refractivity contribution in [2.45, 2.75) is 32.9 Å². The Morgan fingerprint density at radius 1 is 1.09 bits per heavy atom. The number of aryl methyl sites for hydroxylation is 1. The number of carbonyl (C=O) groups is 3. The Morgan fingerprint density at radius 2 is 1.78 bits per heavy atom. The number of methoxy groups -OCH3 is 2. The summed E-state index contributed by atoms with van der Waals surface area (Å²) in [5.74, 6) is -0.233. The van der Waals surface area contributed by atoms with E-state index in [9.17, 15) is 14.4 Å². The Labute approximate surface area is 187 Å². The molecule has 1 saturated heterocycles. The van der Waals surface area contributed by atoms with Crippen molar-refractivity contribution in [2.24, 2.45) is 5.92 Å². The van der Waals surface area contributed by atoms with E-state index in [4.69, 9.17) is 9.47 Å². The van der Waals surface area contributed by atoms with Crippen LogP contribution in [0.15, 0.2) is 42.5 Å². The number of nitrogens with zero attached hydrogens (tertiary/aromatic N) is 1. The van der Waals surface area contributed by atoms with E-state index in [1.165, 1.54) is 14.2 Å². The second kappa shape index (κ2) is 10.2. The molecule has 170 valence electrons. The van der Waals surface area contributed by atoms with Crippen LogP contribution in [0.5, 0.6) is 11.5 Å². The van der Waals surface area contributed by atoms with E-state index in [1.54, 1.807) is 30.0 Å². The number of ether oxygens (including phenoxy) is 2. The number of hydrogen-bond acceptors (Lipinski definition) is 5. The van der Waals surface area contributed by atoms with Crippen molar-refractivity contribution in [1.29, 1.82) is 0 Å². The van der Waals surface area contributed by atoms with E-state index in [-0.39, 0.29) is 30.7 Å². The summed E-state index contributed by atoms with van der Waals surface area (Å²) in [6.07, 6.45) is 0.0812. The fourth-order valence-corrected chi connectivity index (χ4v) is 3.57. The second-order valence-electron chi connectivity index (χ2n) is 7.88. The Bertz CT molecular complexity index is 990. The molecular formula is C24H29N3O5. The SMILES string of the molecule is COc1ccc(N2CC(C(=O)NC(C)C(=O)NCc3ccc(C)cc3)CC2=O)cc1OC. The van der Waals surface area contributed by atoms with E-state index < -0.39 is 12.0 Å². The summed E-state index contributed by atoms with van der Waals surface area (Å²) >= 11 is 0. The summed E-state index contributed by atoms with van der Waals surface area (Å²) in [5, 5.41) is 5.55. The summed E-state index contributed by atoms with van der Waals surface area (Å²) < 4.78 is 10.5. The number of nitrogens with one attached hydrogen (secondary N) is 2. The highest BCUT2D eigenvalue weighted by atomic mass is 16.5. The fourth-order valence-electron chi connectivity index (χ4n) is 3.57. The quantitative estimate of drug-likeness (QED) is 0.657. The molecule has 0 aromatic heterocycles. The van der Waals surface area contributed by atoms with Gasteiger partial charge >= 0.3 is 0 Å². The van der Waals surface area contributed by atoms with Gasteiger partial charge in [0.2, 0.25) is 17.7 Å². The van der Waals surface area contributed by atoms with Gasteiger partial charge in [0.05, 0.1) is 20.1 Å². The molecule has 2 unspecified atom stereocenters. The van der Waals surface area contributed by atoms with Crippen LogP contribution >= 0.6 is 0 Å². The molecule has 0 radical (unpaired) electrons. The lowest BCUT2D eigenvalue weighted by Gasteiger charge is -2.19. The van der Waals surface area contributed by atoms with Crippen LogP contribution in [-0.2, 0) is 20.9 Å². The molecule has 2 aromatic rings. The molecule has 8 heteroatoms. The van der Waals surface area contributed by atoms with Crippen molar-refractivity contribution in [3.8, 4) is 11.5 Å². The fraction of sp³-hybridized carbons (Fsp3) is 0.375. The van der Waals surface area contributed by atoms with Crippen LogP contribution in [-0.4, -0.2) is 44.5 Å². The molecule has 1 aliphatic rings. The number of rotatable bonds is 8. The first-order valence-corrected chi connectivity index (χ1v) is 10.5. The van der Waals surface area contributed by atoms with E-state index in [0.29, 0.717) is 23.7 Å². The van der Waals surface area contributed by atoms with Crippen LogP contribution < -0.4 is 25.0 Å². The normalized spacial score (nSPS) is 16.4. The van der Waals surface area contributed by atoms with Crippen molar-refractivity contribution in [3.63, 3.8) is 0 Å². The van der Waals surface area contributed by atoms with Crippen molar-refractivity contribution in [1.82, 2.24) is 10.6 Å². The third-order valence-corrected chi connectivity index (χ3v) is 5.51. The van der Waals surface area contributed by atoms with Gasteiger partial charge in [0.15, 0.2) is 11.5 Å². The number of hydrogen-bond donors (Lipinski definition) is 2. The predicted molar refractivity (Wildman–Crippen MR) is 121 cm³/mol. The minimum atomic E-state index is -0.710. The smallest absolute Gasteiger partial charge is 0.242 e. The van der Waals surface area contributed by atoms with Gasteiger partial charge in [0.1, 0.15) is 6.04 Å². The van der Waals surface area contributed by atoms with Crippen molar-refractivity contribution < 1.29 is 23.9 Å². The lowest BCUT2D eigenvalue weighted by Crippen LogP contribution is -2.46. The third kappa shape index (κ3) is 5.38. The first-order valence-electron chi connectivity index (χ1n) is 10.5.